The summed E-state index contributed by atoms with van der Waals surface area (Å²) in [6, 6.07) is 0.718. The van der Waals surface area contributed by atoms with E-state index in [-0.39, 0.29) is 0 Å². The molecule has 0 radical (unpaired) electrons. The molecule has 2 fully saturated rings. The lowest BCUT2D eigenvalue weighted by atomic mass is 9.73. The lowest BCUT2D eigenvalue weighted by Crippen LogP contribution is -2.43. The monoisotopic (exact) mass is 307 g/mol. The second kappa shape index (κ2) is 3.93. The predicted molar refractivity (Wildman–Crippen MR) is 70.0 cm³/mol. The van der Waals surface area contributed by atoms with Gasteiger partial charge in [-0.15, -0.1) is 0 Å². The molecule has 1 N–H and O–H groups in total. The average molecular weight is 307 g/mol. The van der Waals surface area contributed by atoms with E-state index in [4.69, 9.17) is 0 Å². The van der Waals surface area contributed by atoms with Crippen molar-refractivity contribution in [3.63, 3.8) is 0 Å². The highest BCUT2D eigenvalue weighted by Crippen LogP contribution is 2.47. The Kier molecular flexibility index (Phi) is 3.14. The van der Waals surface area contributed by atoms with Gasteiger partial charge in [-0.2, -0.15) is 0 Å². The second-order valence-electron chi connectivity index (χ2n) is 5.67. The van der Waals surface area contributed by atoms with Crippen molar-refractivity contribution in [2.45, 2.75) is 64.0 Å². The lowest BCUT2D eigenvalue weighted by Gasteiger charge is -2.32. The Morgan fingerprint density at radius 1 is 1.29 bits per heavy atom. The molecule has 1 saturated carbocycles. The molecule has 1 saturated heterocycles. The summed E-state index contributed by atoms with van der Waals surface area (Å²) in [5.74, 6) is 0. The highest BCUT2D eigenvalue weighted by atomic mass is 127. The van der Waals surface area contributed by atoms with Gasteiger partial charge in [-0.05, 0) is 31.6 Å². The van der Waals surface area contributed by atoms with Gasteiger partial charge in [-0.3, -0.25) is 0 Å². The van der Waals surface area contributed by atoms with Crippen LogP contribution in [0.4, 0.5) is 0 Å². The van der Waals surface area contributed by atoms with Crippen LogP contribution in [-0.4, -0.2) is 16.0 Å². The van der Waals surface area contributed by atoms with Crippen LogP contribution in [0.3, 0.4) is 0 Å². The third-order valence-corrected chi connectivity index (χ3v) is 5.93. The van der Waals surface area contributed by atoms with Crippen molar-refractivity contribution < 1.29 is 0 Å². The Balaban J connectivity index is 2.20. The van der Waals surface area contributed by atoms with Crippen LogP contribution in [0.25, 0.3) is 0 Å². The molecule has 0 amide bonds. The molecule has 2 aliphatic rings. The Hall–Kier alpha value is 0.690. The van der Waals surface area contributed by atoms with Gasteiger partial charge in [0.2, 0.25) is 0 Å². The fraction of sp³-hybridized carbons (Fsp3) is 1.00. The highest BCUT2D eigenvalue weighted by Gasteiger charge is 2.49. The molecule has 2 heteroatoms. The maximum Gasteiger partial charge on any atom is 0.0279 e. The molecule has 82 valence electrons. The van der Waals surface area contributed by atoms with Crippen LogP contribution in [0.1, 0.15) is 52.4 Å². The summed E-state index contributed by atoms with van der Waals surface area (Å²) in [5.41, 5.74) is 1.06. The number of nitrogens with one attached hydrogen (secondary N) is 1. The van der Waals surface area contributed by atoms with E-state index >= 15 is 0 Å². The summed E-state index contributed by atoms with van der Waals surface area (Å²) in [5, 5.41) is 3.89. The van der Waals surface area contributed by atoms with E-state index in [2.05, 4.69) is 41.8 Å². The molecule has 3 unspecified atom stereocenters. The lowest BCUT2D eigenvalue weighted by molar-refractivity contribution is 0.237. The minimum absolute atomic E-state index is 0.481. The number of hydrogen-bond donors (Lipinski definition) is 1. The topological polar surface area (TPSA) is 12.0 Å². The first-order chi connectivity index (χ1) is 6.60. The van der Waals surface area contributed by atoms with Gasteiger partial charge in [-0.25, -0.2) is 0 Å². The first-order valence-electron chi connectivity index (χ1n) is 5.94. The first kappa shape index (κ1) is 11.2. The van der Waals surface area contributed by atoms with Crippen molar-refractivity contribution in [2.75, 3.05) is 4.43 Å². The zero-order chi connectivity index (χ0) is 10.2. The number of fused-ring (bicyclic) bond motifs is 2. The summed E-state index contributed by atoms with van der Waals surface area (Å²) >= 11 is 2.57. The predicted octanol–water partition coefficient (Wildman–Crippen LogP) is 3.51. The van der Waals surface area contributed by atoms with E-state index in [0.29, 0.717) is 11.0 Å². The molecule has 2 rings (SSSR count). The van der Waals surface area contributed by atoms with Crippen LogP contribution in [0.15, 0.2) is 0 Å². The number of halogens is 1. The Morgan fingerprint density at radius 2 is 2.00 bits per heavy atom. The van der Waals surface area contributed by atoms with Crippen molar-refractivity contribution in [3.05, 3.63) is 0 Å². The van der Waals surface area contributed by atoms with Gasteiger partial charge in [0, 0.05) is 16.0 Å². The van der Waals surface area contributed by atoms with Crippen molar-refractivity contribution in [1.82, 2.24) is 5.32 Å². The van der Waals surface area contributed by atoms with E-state index in [1.54, 1.807) is 0 Å². The van der Waals surface area contributed by atoms with Crippen molar-refractivity contribution in [2.24, 2.45) is 5.41 Å². The summed E-state index contributed by atoms with van der Waals surface area (Å²) < 4.78 is 1.28. The van der Waals surface area contributed by atoms with Gasteiger partial charge in [0.25, 0.3) is 0 Å². The van der Waals surface area contributed by atoms with E-state index in [1.807, 2.05) is 0 Å². The van der Waals surface area contributed by atoms with Crippen molar-refractivity contribution in [3.8, 4) is 0 Å². The maximum atomic E-state index is 3.89. The molecule has 0 aromatic carbocycles. The van der Waals surface area contributed by atoms with E-state index in [0.717, 1.165) is 6.04 Å². The molecule has 0 aromatic heterocycles. The Morgan fingerprint density at radius 3 is 2.71 bits per heavy atom. The third kappa shape index (κ3) is 1.84. The fourth-order valence-electron chi connectivity index (χ4n) is 3.40. The molecule has 3 atom stereocenters. The van der Waals surface area contributed by atoms with Crippen molar-refractivity contribution in [1.29, 1.82) is 0 Å². The minimum atomic E-state index is 0.481. The van der Waals surface area contributed by atoms with E-state index < -0.39 is 0 Å². The molecule has 1 aliphatic heterocycles. The highest BCUT2D eigenvalue weighted by molar-refractivity contribution is 14.1. The summed E-state index contributed by atoms with van der Waals surface area (Å²) in [6.07, 6.45) is 8.56. The van der Waals surface area contributed by atoms with Crippen LogP contribution in [-0.2, 0) is 0 Å². The van der Waals surface area contributed by atoms with Gasteiger partial charge in [0.1, 0.15) is 0 Å². The van der Waals surface area contributed by atoms with Gasteiger partial charge in [0.15, 0.2) is 0 Å². The largest absolute Gasteiger partial charge is 0.307 e. The molecule has 2 bridgehead atoms. The Bertz CT molecular complexity index is 218. The zero-order valence-corrected chi connectivity index (χ0v) is 11.6. The quantitative estimate of drug-likeness (QED) is 0.577. The maximum absolute atomic E-state index is 3.89. The molecule has 1 nitrogen and oxygen atoms in total. The molecule has 0 aromatic rings. The summed E-state index contributed by atoms with van der Waals surface area (Å²) in [7, 11) is 0. The molecule has 14 heavy (non-hydrogen) atoms. The average Bonchev–Trinajstić information content (AvgIpc) is 2.39. The second-order valence-corrected chi connectivity index (χ2v) is 6.43. The van der Waals surface area contributed by atoms with E-state index in [1.165, 1.54) is 43.0 Å². The van der Waals surface area contributed by atoms with Crippen LogP contribution < -0.4 is 5.32 Å². The van der Waals surface area contributed by atoms with Crippen LogP contribution in [0.2, 0.25) is 0 Å². The van der Waals surface area contributed by atoms with Gasteiger partial charge < -0.3 is 5.32 Å². The summed E-state index contributed by atoms with van der Waals surface area (Å²) in [4.78, 5) is 0. The molecule has 1 heterocycles. The Labute approximate surface area is 102 Å². The molecular formula is C12H22IN. The number of hydrogen-bond acceptors (Lipinski definition) is 1. The molecule has 0 spiro atoms. The zero-order valence-electron chi connectivity index (χ0n) is 9.41. The number of rotatable bonds is 1. The third-order valence-electron chi connectivity index (χ3n) is 4.47. The van der Waals surface area contributed by atoms with Gasteiger partial charge in [-0.1, -0.05) is 48.8 Å². The minimum Gasteiger partial charge on any atom is -0.307 e. The molecular weight excluding hydrogens is 285 g/mol. The first-order valence-corrected chi connectivity index (χ1v) is 7.47. The van der Waals surface area contributed by atoms with Crippen molar-refractivity contribution >= 4 is 22.6 Å². The summed E-state index contributed by atoms with van der Waals surface area (Å²) in [6.45, 7) is 4.88. The fourth-order valence-corrected chi connectivity index (χ4v) is 4.27. The molecule has 1 aliphatic carbocycles. The smallest absolute Gasteiger partial charge is 0.0279 e. The van der Waals surface area contributed by atoms with Crippen LogP contribution in [0.5, 0.6) is 0 Å². The van der Waals surface area contributed by atoms with Crippen LogP contribution in [0, 0.1) is 5.41 Å². The number of alkyl halides is 1. The van der Waals surface area contributed by atoms with Gasteiger partial charge >= 0.3 is 0 Å². The van der Waals surface area contributed by atoms with Gasteiger partial charge in [0.05, 0.1) is 0 Å². The van der Waals surface area contributed by atoms with E-state index in [9.17, 15) is 0 Å². The SMILES string of the molecule is CC1NC2(CI)CCCCCC1(C)C2. The van der Waals surface area contributed by atoms with Crippen LogP contribution >= 0.6 is 22.6 Å². The standard InChI is InChI=1S/C12H22IN/c1-10-11(2)6-4-3-5-7-12(8-11,9-13)14-10/h10,14H,3-9H2,1-2H3. The normalized spacial score (nSPS) is 48.6.